The molecule has 0 radical (unpaired) electrons. The first kappa shape index (κ1) is 27.4. The Morgan fingerprint density at radius 1 is 0.542 bits per heavy atom. The molecule has 0 fully saturated rings. The number of hydrogen-bond acceptors (Lipinski definition) is 2. The molecule has 0 aliphatic rings. The standard InChI is InChI=1S/C43H25N5/c1-45-37-23-29(34-22-30(27-46-38(34)26-44)28-12-4-2-5-13-28)20-21-41(37)48-40-19-11-9-17-33(40)36-24-35-32-16-8-10-18-39(32)47(42(35)25-43(36)48)31-14-6-3-7-15-31/h2-25,27H. The molecule has 9 aromatic rings. The van der Waals surface area contributed by atoms with E-state index in [9.17, 15) is 5.26 Å². The first-order chi connectivity index (χ1) is 23.7. The summed E-state index contributed by atoms with van der Waals surface area (Å²) < 4.78 is 4.53. The molecule has 0 aliphatic carbocycles. The molecule has 3 aromatic heterocycles. The summed E-state index contributed by atoms with van der Waals surface area (Å²) in [6, 6.07) is 52.1. The van der Waals surface area contributed by atoms with Crippen molar-refractivity contribution in [2.75, 3.05) is 0 Å². The third-order valence-corrected chi connectivity index (χ3v) is 9.23. The fourth-order valence-electron chi connectivity index (χ4n) is 7.08. The summed E-state index contributed by atoms with van der Waals surface area (Å²) >= 11 is 0. The van der Waals surface area contributed by atoms with Gasteiger partial charge in [0.25, 0.3) is 0 Å². The van der Waals surface area contributed by atoms with Gasteiger partial charge < -0.3 is 9.13 Å². The van der Waals surface area contributed by atoms with Crippen LogP contribution in [0.3, 0.4) is 0 Å². The minimum atomic E-state index is 0.325. The van der Waals surface area contributed by atoms with E-state index in [-0.39, 0.29) is 0 Å². The van der Waals surface area contributed by atoms with E-state index in [1.54, 1.807) is 6.20 Å². The second-order valence-corrected chi connectivity index (χ2v) is 11.8. The van der Waals surface area contributed by atoms with Crippen LogP contribution >= 0.6 is 0 Å². The lowest BCUT2D eigenvalue weighted by molar-refractivity contribution is 1.17. The zero-order chi connectivity index (χ0) is 32.2. The van der Waals surface area contributed by atoms with Crippen molar-refractivity contribution < 1.29 is 0 Å². The van der Waals surface area contributed by atoms with Gasteiger partial charge in [-0.3, -0.25) is 0 Å². The van der Waals surface area contributed by atoms with Gasteiger partial charge in [0.15, 0.2) is 0 Å². The number of hydrogen-bond donors (Lipinski definition) is 0. The number of fused-ring (bicyclic) bond motifs is 6. The average molecular weight is 612 g/mol. The van der Waals surface area contributed by atoms with E-state index in [1.807, 2.05) is 66.7 Å². The number of benzene rings is 6. The summed E-state index contributed by atoms with van der Waals surface area (Å²) in [5.74, 6) is 0. The van der Waals surface area contributed by atoms with Crippen LogP contribution < -0.4 is 0 Å². The van der Waals surface area contributed by atoms with E-state index in [2.05, 4.69) is 104 Å². The van der Waals surface area contributed by atoms with Gasteiger partial charge >= 0.3 is 0 Å². The molecule has 0 unspecified atom stereocenters. The van der Waals surface area contributed by atoms with Crippen LogP contribution in [-0.2, 0) is 0 Å². The Bertz CT molecular complexity index is 2790. The van der Waals surface area contributed by atoms with Gasteiger partial charge in [-0.15, -0.1) is 0 Å². The van der Waals surface area contributed by atoms with Crippen LogP contribution in [0.1, 0.15) is 5.69 Å². The van der Waals surface area contributed by atoms with E-state index >= 15 is 0 Å². The third kappa shape index (κ3) is 4.13. The van der Waals surface area contributed by atoms with Crippen molar-refractivity contribution in [3.05, 3.63) is 169 Å². The Hall–Kier alpha value is -6.95. The van der Waals surface area contributed by atoms with E-state index < -0.39 is 0 Å². The number of rotatable bonds is 4. The van der Waals surface area contributed by atoms with Gasteiger partial charge in [0.1, 0.15) is 11.8 Å². The third-order valence-electron chi connectivity index (χ3n) is 9.23. The molecule has 0 aliphatic heterocycles. The van der Waals surface area contributed by atoms with Crippen molar-refractivity contribution in [1.29, 1.82) is 5.26 Å². The zero-order valence-electron chi connectivity index (χ0n) is 25.7. The minimum Gasteiger partial charge on any atom is -0.319 e. The highest BCUT2D eigenvalue weighted by molar-refractivity contribution is 6.19. The summed E-state index contributed by atoms with van der Waals surface area (Å²) in [5, 5.41) is 14.6. The number of pyridine rings is 1. The SMILES string of the molecule is [C-]#[N+]c1cc(-c2cc(-c3ccccc3)cnc2C#N)ccc1-n1c2ccccc2c2cc3c4ccccc4n(-c4ccccc4)c3cc21. The molecule has 48 heavy (non-hydrogen) atoms. The van der Waals surface area contributed by atoms with Crippen molar-refractivity contribution in [3.8, 4) is 39.7 Å². The second kappa shape index (κ2) is 10.8. The van der Waals surface area contributed by atoms with Gasteiger partial charge in [-0.1, -0.05) is 91.0 Å². The van der Waals surface area contributed by atoms with Crippen LogP contribution in [0, 0.1) is 17.9 Å². The van der Waals surface area contributed by atoms with E-state index in [0.717, 1.165) is 60.9 Å². The highest BCUT2D eigenvalue weighted by Crippen LogP contribution is 2.42. The summed E-state index contributed by atoms with van der Waals surface area (Å²) in [4.78, 5) is 8.54. The highest BCUT2D eigenvalue weighted by atomic mass is 15.0. The summed E-state index contributed by atoms with van der Waals surface area (Å²) in [5.41, 5.74) is 10.4. The molecule has 0 atom stereocenters. The fraction of sp³-hybridized carbons (Fsp3) is 0. The van der Waals surface area contributed by atoms with Crippen molar-refractivity contribution in [1.82, 2.24) is 14.1 Å². The van der Waals surface area contributed by atoms with Crippen LogP contribution in [0.2, 0.25) is 0 Å². The molecule has 3 heterocycles. The monoisotopic (exact) mass is 611 g/mol. The predicted molar refractivity (Wildman–Crippen MR) is 195 cm³/mol. The zero-order valence-corrected chi connectivity index (χ0v) is 25.7. The summed E-state index contributed by atoms with van der Waals surface area (Å²) in [7, 11) is 0. The van der Waals surface area contributed by atoms with Crippen LogP contribution in [0.15, 0.2) is 152 Å². The Kier molecular flexibility index (Phi) is 6.18. The van der Waals surface area contributed by atoms with Crippen molar-refractivity contribution in [2.45, 2.75) is 0 Å². The first-order valence-corrected chi connectivity index (χ1v) is 15.7. The van der Waals surface area contributed by atoms with Crippen molar-refractivity contribution in [2.24, 2.45) is 0 Å². The topological polar surface area (TPSA) is 50.9 Å². The summed E-state index contributed by atoms with van der Waals surface area (Å²) in [6.07, 6.45) is 1.73. The Morgan fingerprint density at radius 3 is 1.85 bits per heavy atom. The number of nitriles is 1. The lowest BCUT2D eigenvalue weighted by Crippen LogP contribution is -1.97. The summed E-state index contributed by atoms with van der Waals surface area (Å²) in [6.45, 7) is 8.32. The lowest BCUT2D eigenvalue weighted by atomic mass is 9.98. The predicted octanol–water partition coefficient (Wildman–Crippen LogP) is 11.0. The molecular formula is C43H25N5. The average Bonchev–Trinajstić information content (AvgIpc) is 3.66. The maximum Gasteiger partial charge on any atom is 0.211 e. The van der Waals surface area contributed by atoms with Gasteiger partial charge in [0, 0.05) is 44.6 Å². The minimum absolute atomic E-state index is 0.325. The maximum atomic E-state index is 9.97. The Balaban J connectivity index is 1.31. The van der Waals surface area contributed by atoms with Crippen LogP contribution in [0.5, 0.6) is 0 Å². The van der Waals surface area contributed by atoms with Crippen molar-refractivity contribution in [3.63, 3.8) is 0 Å². The normalized spacial score (nSPS) is 11.3. The Labute approximate surface area is 276 Å². The molecule has 0 bridgehead atoms. The van der Waals surface area contributed by atoms with Crippen LogP contribution in [-0.4, -0.2) is 14.1 Å². The van der Waals surface area contributed by atoms with Crippen LogP contribution in [0.25, 0.3) is 82.1 Å². The largest absolute Gasteiger partial charge is 0.319 e. The molecule has 6 aromatic carbocycles. The van der Waals surface area contributed by atoms with E-state index in [4.69, 9.17) is 6.57 Å². The van der Waals surface area contributed by atoms with E-state index in [0.29, 0.717) is 16.9 Å². The smallest absolute Gasteiger partial charge is 0.211 e. The Morgan fingerprint density at radius 2 is 1.17 bits per heavy atom. The fourth-order valence-corrected chi connectivity index (χ4v) is 7.08. The number of para-hydroxylation sites is 3. The molecule has 222 valence electrons. The second-order valence-electron chi connectivity index (χ2n) is 11.8. The molecule has 0 saturated heterocycles. The maximum absolute atomic E-state index is 9.97. The molecule has 0 amide bonds. The molecule has 5 nitrogen and oxygen atoms in total. The molecule has 9 rings (SSSR count). The van der Waals surface area contributed by atoms with Gasteiger partial charge in [0.2, 0.25) is 5.69 Å². The number of aromatic nitrogens is 3. The van der Waals surface area contributed by atoms with Gasteiger partial charge in [0.05, 0.1) is 34.3 Å². The highest BCUT2D eigenvalue weighted by Gasteiger charge is 2.20. The van der Waals surface area contributed by atoms with Crippen molar-refractivity contribution >= 4 is 49.3 Å². The van der Waals surface area contributed by atoms with E-state index in [1.165, 1.54) is 10.8 Å². The quantitative estimate of drug-likeness (QED) is 0.186. The molecule has 0 saturated carbocycles. The number of nitrogens with zero attached hydrogens (tertiary/aromatic N) is 5. The first-order valence-electron chi connectivity index (χ1n) is 15.7. The molecule has 5 heteroatoms. The van der Waals surface area contributed by atoms with Gasteiger partial charge in [-0.2, -0.15) is 5.26 Å². The van der Waals surface area contributed by atoms with Crippen LogP contribution in [0.4, 0.5) is 5.69 Å². The van der Waals surface area contributed by atoms with Gasteiger partial charge in [-0.05, 0) is 65.7 Å². The van der Waals surface area contributed by atoms with Gasteiger partial charge in [-0.25, -0.2) is 9.83 Å². The lowest BCUT2D eigenvalue weighted by Gasteiger charge is -2.14. The molecular weight excluding hydrogens is 587 g/mol. The molecule has 0 N–H and O–H groups in total. The molecule has 0 spiro atoms.